The van der Waals surface area contributed by atoms with Gasteiger partial charge in [0.15, 0.2) is 5.76 Å². The minimum absolute atomic E-state index is 0.0943. The Kier molecular flexibility index (Phi) is 5.05. The topological polar surface area (TPSA) is 72.6 Å². The SMILES string of the molecule is COCc1cc(CSc2ccc(Cl)c(C(=O)O)c2)no1. The first-order chi connectivity index (χ1) is 9.60. The Labute approximate surface area is 124 Å². The monoisotopic (exact) mass is 313 g/mol. The summed E-state index contributed by atoms with van der Waals surface area (Å²) in [6.45, 7) is 0.377. The maximum atomic E-state index is 11.0. The molecule has 0 spiro atoms. The molecular weight excluding hydrogens is 302 g/mol. The summed E-state index contributed by atoms with van der Waals surface area (Å²) in [6, 6.07) is 6.71. The van der Waals surface area contributed by atoms with Crippen molar-refractivity contribution in [2.45, 2.75) is 17.3 Å². The number of carbonyl (C=O) groups is 1. The van der Waals surface area contributed by atoms with Crippen molar-refractivity contribution in [1.82, 2.24) is 5.16 Å². The number of nitrogens with zero attached hydrogens (tertiary/aromatic N) is 1. The molecule has 1 aromatic heterocycles. The van der Waals surface area contributed by atoms with Crippen molar-refractivity contribution < 1.29 is 19.2 Å². The standard InChI is InChI=1S/C13H12ClNO4S/c1-18-6-9-4-8(15-19-9)7-20-10-2-3-12(14)11(5-10)13(16)17/h2-5H,6-7H2,1H3,(H,16,17). The molecule has 0 fully saturated rings. The fourth-order valence-corrected chi connectivity index (χ4v) is 2.56. The molecule has 20 heavy (non-hydrogen) atoms. The van der Waals surface area contributed by atoms with E-state index in [-0.39, 0.29) is 10.6 Å². The van der Waals surface area contributed by atoms with Crippen LogP contribution in [0.1, 0.15) is 21.8 Å². The highest BCUT2D eigenvalue weighted by Crippen LogP contribution is 2.27. The average Bonchev–Trinajstić information content (AvgIpc) is 2.86. The second-order valence-electron chi connectivity index (χ2n) is 3.95. The van der Waals surface area contributed by atoms with E-state index in [4.69, 9.17) is 26.0 Å². The highest BCUT2D eigenvalue weighted by Gasteiger charge is 2.10. The second-order valence-corrected chi connectivity index (χ2v) is 5.41. The number of benzene rings is 1. The Balaban J connectivity index is 2.03. The third-order valence-electron chi connectivity index (χ3n) is 2.45. The molecule has 0 aliphatic carbocycles. The highest BCUT2D eigenvalue weighted by molar-refractivity contribution is 7.98. The van der Waals surface area contributed by atoms with Gasteiger partial charge in [-0.3, -0.25) is 0 Å². The van der Waals surface area contributed by atoms with Crippen molar-refractivity contribution in [3.05, 3.63) is 46.3 Å². The molecule has 2 rings (SSSR count). The summed E-state index contributed by atoms with van der Waals surface area (Å²) in [4.78, 5) is 11.8. The van der Waals surface area contributed by atoms with Crippen LogP contribution in [0, 0.1) is 0 Å². The summed E-state index contributed by atoms with van der Waals surface area (Å²) < 4.78 is 10.0. The van der Waals surface area contributed by atoms with Crippen LogP contribution in [0.15, 0.2) is 33.7 Å². The molecule has 7 heteroatoms. The number of carboxylic acid groups (broad SMARTS) is 1. The minimum Gasteiger partial charge on any atom is -0.478 e. The van der Waals surface area contributed by atoms with E-state index in [2.05, 4.69) is 5.16 Å². The summed E-state index contributed by atoms with van der Waals surface area (Å²) in [7, 11) is 1.58. The number of hydrogen-bond acceptors (Lipinski definition) is 5. The smallest absolute Gasteiger partial charge is 0.337 e. The normalized spacial score (nSPS) is 10.7. The predicted octanol–water partition coefficient (Wildman–Crippen LogP) is 3.46. The summed E-state index contributed by atoms with van der Waals surface area (Å²) in [5.41, 5.74) is 0.866. The first-order valence-electron chi connectivity index (χ1n) is 5.69. The molecule has 1 heterocycles. The van der Waals surface area contributed by atoms with E-state index in [0.717, 1.165) is 10.6 Å². The minimum atomic E-state index is -1.04. The zero-order valence-electron chi connectivity index (χ0n) is 10.6. The largest absolute Gasteiger partial charge is 0.478 e. The van der Waals surface area contributed by atoms with Gasteiger partial charge in [0.2, 0.25) is 0 Å². The van der Waals surface area contributed by atoms with Crippen LogP contribution in [-0.4, -0.2) is 23.3 Å². The van der Waals surface area contributed by atoms with Gasteiger partial charge in [-0.25, -0.2) is 4.79 Å². The molecule has 2 aromatic rings. The van der Waals surface area contributed by atoms with Crippen LogP contribution in [0.5, 0.6) is 0 Å². The maximum Gasteiger partial charge on any atom is 0.337 e. The van der Waals surface area contributed by atoms with E-state index >= 15 is 0 Å². The Morgan fingerprint density at radius 1 is 1.50 bits per heavy atom. The third-order valence-corrected chi connectivity index (χ3v) is 3.81. The lowest BCUT2D eigenvalue weighted by Crippen LogP contribution is -1.97. The van der Waals surface area contributed by atoms with Crippen LogP contribution >= 0.6 is 23.4 Å². The van der Waals surface area contributed by atoms with E-state index in [0.29, 0.717) is 18.1 Å². The van der Waals surface area contributed by atoms with E-state index in [1.807, 2.05) is 6.07 Å². The fourth-order valence-electron chi connectivity index (χ4n) is 1.55. The number of rotatable bonds is 6. The quantitative estimate of drug-likeness (QED) is 0.823. The summed E-state index contributed by atoms with van der Waals surface area (Å²) >= 11 is 7.28. The van der Waals surface area contributed by atoms with Crippen LogP contribution in [0.3, 0.4) is 0 Å². The number of methoxy groups -OCH3 is 1. The van der Waals surface area contributed by atoms with Crippen molar-refractivity contribution in [3.8, 4) is 0 Å². The van der Waals surface area contributed by atoms with Gasteiger partial charge in [0.25, 0.3) is 0 Å². The second kappa shape index (κ2) is 6.78. The number of ether oxygens (including phenoxy) is 1. The van der Waals surface area contributed by atoms with Gasteiger partial charge in [0.1, 0.15) is 6.61 Å². The Morgan fingerprint density at radius 3 is 3.00 bits per heavy atom. The number of hydrogen-bond donors (Lipinski definition) is 1. The molecule has 1 N–H and O–H groups in total. The van der Waals surface area contributed by atoms with E-state index in [1.54, 1.807) is 25.3 Å². The summed E-state index contributed by atoms with van der Waals surface area (Å²) in [5, 5.41) is 13.1. The van der Waals surface area contributed by atoms with Crippen LogP contribution in [0.2, 0.25) is 5.02 Å². The van der Waals surface area contributed by atoms with Gasteiger partial charge < -0.3 is 14.4 Å². The number of thioether (sulfide) groups is 1. The zero-order chi connectivity index (χ0) is 14.5. The van der Waals surface area contributed by atoms with Gasteiger partial charge in [-0.15, -0.1) is 11.8 Å². The first-order valence-corrected chi connectivity index (χ1v) is 7.05. The lowest BCUT2D eigenvalue weighted by atomic mass is 10.2. The van der Waals surface area contributed by atoms with Gasteiger partial charge >= 0.3 is 5.97 Å². The summed E-state index contributed by atoms with van der Waals surface area (Å²) in [6.07, 6.45) is 0. The molecule has 0 radical (unpaired) electrons. The average molecular weight is 314 g/mol. The molecule has 0 aliphatic rings. The molecule has 0 amide bonds. The van der Waals surface area contributed by atoms with Gasteiger partial charge in [-0.2, -0.15) is 0 Å². The zero-order valence-corrected chi connectivity index (χ0v) is 12.2. The van der Waals surface area contributed by atoms with Crippen LogP contribution in [0.25, 0.3) is 0 Å². The number of carboxylic acids is 1. The van der Waals surface area contributed by atoms with Crippen molar-refractivity contribution >= 4 is 29.3 Å². The van der Waals surface area contributed by atoms with Gasteiger partial charge in [0, 0.05) is 23.8 Å². The van der Waals surface area contributed by atoms with Crippen molar-refractivity contribution in [2.24, 2.45) is 0 Å². The van der Waals surface area contributed by atoms with E-state index in [1.165, 1.54) is 11.8 Å². The molecule has 106 valence electrons. The molecule has 5 nitrogen and oxygen atoms in total. The van der Waals surface area contributed by atoms with Gasteiger partial charge in [-0.05, 0) is 18.2 Å². The fraction of sp³-hybridized carbons (Fsp3) is 0.231. The molecular formula is C13H12ClNO4S. The third kappa shape index (κ3) is 3.75. The molecule has 0 bridgehead atoms. The van der Waals surface area contributed by atoms with Crippen molar-refractivity contribution in [3.63, 3.8) is 0 Å². The van der Waals surface area contributed by atoms with E-state index < -0.39 is 5.97 Å². The molecule has 0 unspecified atom stereocenters. The molecule has 0 aliphatic heterocycles. The van der Waals surface area contributed by atoms with Crippen LogP contribution in [-0.2, 0) is 17.1 Å². The Bertz CT molecular complexity index is 614. The maximum absolute atomic E-state index is 11.0. The van der Waals surface area contributed by atoms with Gasteiger partial charge in [0.05, 0.1) is 16.3 Å². The Hall–Kier alpha value is -1.50. The van der Waals surface area contributed by atoms with Gasteiger partial charge in [-0.1, -0.05) is 16.8 Å². The molecule has 0 atom stereocenters. The molecule has 1 aromatic carbocycles. The molecule has 0 saturated carbocycles. The predicted molar refractivity (Wildman–Crippen MR) is 75.2 cm³/mol. The Morgan fingerprint density at radius 2 is 2.30 bits per heavy atom. The molecule has 0 saturated heterocycles. The highest BCUT2D eigenvalue weighted by atomic mass is 35.5. The van der Waals surface area contributed by atoms with Crippen molar-refractivity contribution in [2.75, 3.05) is 7.11 Å². The van der Waals surface area contributed by atoms with Crippen molar-refractivity contribution in [1.29, 1.82) is 0 Å². The number of aromatic nitrogens is 1. The summed E-state index contributed by atoms with van der Waals surface area (Å²) in [5.74, 6) is 0.195. The lowest BCUT2D eigenvalue weighted by molar-refractivity contribution is 0.0697. The van der Waals surface area contributed by atoms with Crippen LogP contribution in [0.4, 0.5) is 0 Å². The first kappa shape index (κ1) is 14.9. The number of aromatic carboxylic acids is 1. The number of halogens is 1. The lowest BCUT2D eigenvalue weighted by Gasteiger charge is -2.03. The van der Waals surface area contributed by atoms with E-state index in [9.17, 15) is 4.79 Å². The van der Waals surface area contributed by atoms with Crippen LogP contribution < -0.4 is 0 Å².